The third-order valence-electron chi connectivity index (χ3n) is 4.29. The van der Waals surface area contributed by atoms with Gasteiger partial charge in [0.15, 0.2) is 0 Å². The van der Waals surface area contributed by atoms with Gasteiger partial charge in [-0.3, -0.25) is 4.79 Å². The Balaban J connectivity index is 1.69. The van der Waals surface area contributed by atoms with Crippen LogP contribution in [0.2, 0.25) is 0 Å². The summed E-state index contributed by atoms with van der Waals surface area (Å²) in [6.07, 6.45) is 0. The van der Waals surface area contributed by atoms with E-state index in [1.807, 2.05) is 53.3 Å². The van der Waals surface area contributed by atoms with E-state index in [4.69, 9.17) is 0 Å². The Morgan fingerprint density at radius 2 is 1.92 bits per heavy atom. The first-order valence-corrected chi connectivity index (χ1v) is 9.17. The van der Waals surface area contributed by atoms with Gasteiger partial charge in [0.25, 0.3) is 5.91 Å². The zero-order valence-electron chi connectivity index (χ0n) is 14.2. The summed E-state index contributed by atoms with van der Waals surface area (Å²) >= 11 is 1.60. The number of thiophene rings is 1. The van der Waals surface area contributed by atoms with Crippen molar-refractivity contribution in [1.29, 1.82) is 0 Å². The number of rotatable bonds is 4. The Labute approximate surface area is 154 Å². The summed E-state index contributed by atoms with van der Waals surface area (Å²) in [4.78, 5) is 12.9. The number of benzene rings is 2. The van der Waals surface area contributed by atoms with Gasteiger partial charge in [-0.1, -0.05) is 24.3 Å². The molecule has 5 heteroatoms. The van der Waals surface area contributed by atoms with Crippen LogP contribution in [-0.4, -0.2) is 10.5 Å². The highest BCUT2D eigenvalue weighted by atomic mass is 32.1. The summed E-state index contributed by atoms with van der Waals surface area (Å²) in [7, 11) is 0. The Morgan fingerprint density at radius 1 is 1.12 bits per heavy atom. The van der Waals surface area contributed by atoms with Gasteiger partial charge in [0.1, 0.15) is 11.5 Å². The number of anilines is 1. The van der Waals surface area contributed by atoms with E-state index in [2.05, 4.69) is 5.32 Å². The molecule has 3 nitrogen and oxygen atoms in total. The highest BCUT2D eigenvalue weighted by molar-refractivity contribution is 7.17. The van der Waals surface area contributed by atoms with Crippen LogP contribution >= 0.6 is 11.3 Å². The van der Waals surface area contributed by atoms with Crippen molar-refractivity contribution in [2.24, 2.45) is 0 Å². The zero-order chi connectivity index (χ0) is 18.1. The van der Waals surface area contributed by atoms with E-state index >= 15 is 0 Å². The summed E-state index contributed by atoms with van der Waals surface area (Å²) in [5, 5.41) is 4.98. The van der Waals surface area contributed by atoms with Gasteiger partial charge in [0, 0.05) is 12.2 Å². The molecule has 2 heterocycles. The highest BCUT2D eigenvalue weighted by Crippen LogP contribution is 2.27. The molecule has 1 amide bonds. The van der Waals surface area contributed by atoms with Crippen molar-refractivity contribution in [1.82, 2.24) is 4.57 Å². The second-order valence-corrected chi connectivity index (χ2v) is 7.18. The minimum absolute atomic E-state index is 0.152. The fourth-order valence-electron chi connectivity index (χ4n) is 3.03. The molecule has 0 saturated carbocycles. The normalized spacial score (nSPS) is 11.0. The van der Waals surface area contributed by atoms with Crippen molar-refractivity contribution in [2.45, 2.75) is 13.5 Å². The minimum atomic E-state index is -0.264. The smallest absolute Gasteiger partial charge is 0.272 e. The van der Waals surface area contributed by atoms with Crippen molar-refractivity contribution >= 4 is 33.1 Å². The molecule has 2 aromatic heterocycles. The van der Waals surface area contributed by atoms with Gasteiger partial charge in [-0.05, 0) is 59.8 Å². The van der Waals surface area contributed by atoms with Gasteiger partial charge < -0.3 is 9.88 Å². The number of hydrogen-bond donors (Lipinski definition) is 1. The largest absolute Gasteiger partial charge is 0.331 e. The topological polar surface area (TPSA) is 34.0 Å². The summed E-state index contributed by atoms with van der Waals surface area (Å²) in [6, 6.07) is 18.0. The molecule has 0 unspecified atom stereocenters. The van der Waals surface area contributed by atoms with E-state index < -0.39 is 0 Å². The van der Waals surface area contributed by atoms with E-state index in [1.54, 1.807) is 23.5 Å². The lowest BCUT2D eigenvalue weighted by molar-refractivity contribution is 0.101. The molecule has 1 N–H and O–H groups in total. The maximum absolute atomic E-state index is 13.2. The maximum Gasteiger partial charge on any atom is 0.272 e. The molecular weight excluding hydrogens is 347 g/mol. The number of fused-ring (bicyclic) bond motifs is 1. The fourth-order valence-corrected chi connectivity index (χ4v) is 3.85. The Morgan fingerprint density at radius 3 is 2.69 bits per heavy atom. The van der Waals surface area contributed by atoms with Gasteiger partial charge in [-0.15, -0.1) is 11.3 Å². The summed E-state index contributed by atoms with van der Waals surface area (Å²) in [5.41, 5.74) is 4.41. The van der Waals surface area contributed by atoms with Gasteiger partial charge in [0.05, 0.1) is 10.2 Å². The van der Waals surface area contributed by atoms with Crippen LogP contribution in [0.25, 0.3) is 10.2 Å². The van der Waals surface area contributed by atoms with Crippen LogP contribution in [0.5, 0.6) is 0 Å². The van der Waals surface area contributed by atoms with Gasteiger partial charge >= 0.3 is 0 Å². The third-order valence-corrected chi connectivity index (χ3v) is 5.14. The number of amides is 1. The second-order valence-electron chi connectivity index (χ2n) is 6.24. The van der Waals surface area contributed by atoms with Crippen molar-refractivity contribution in [2.75, 3.05) is 5.32 Å². The van der Waals surface area contributed by atoms with E-state index in [1.165, 1.54) is 12.1 Å². The molecule has 0 saturated heterocycles. The Bertz CT molecular complexity index is 1080. The summed E-state index contributed by atoms with van der Waals surface area (Å²) in [6.45, 7) is 2.50. The Hall–Kier alpha value is -2.92. The molecule has 0 radical (unpaired) electrons. The number of hydrogen-bond acceptors (Lipinski definition) is 2. The average molecular weight is 364 g/mol. The molecule has 0 aliphatic rings. The van der Waals surface area contributed by atoms with Crippen LogP contribution in [0.15, 0.2) is 66.0 Å². The number of aromatic nitrogens is 1. The lowest BCUT2D eigenvalue weighted by Gasteiger charge is -2.11. The number of carbonyl (C=O) groups excluding carboxylic acids is 1. The van der Waals surface area contributed by atoms with Gasteiger partial charge in [-0.25, -0.2) is 4.39 Å². The van der Waals surface area contributed by atoms with Crippen LogP contribution in [0.3, 0.4) is 0 Å². The van der Waals surface area contributed by atoms with E-state index in [0.717, 1.165) is 27.0 Å². The molecule has 0 aliphatic carbocycles. The lowest BCUT2D eigenvalue weighted by atomic mass is 10.2. The van der Waals surface area contributed by atoms with E-state index in [9.17, 15) is 9.18 Å². The molecule has 0 aliphatic heterocycles. The molecule has 0 fully saturated rings. The molecule has 4 rings (SSSR count). The predicted molar refractivity (Wildman–Crippen MR) is 104 cm³/mol. The van der Waals surface area contributed by atoms with Gasteiger partial charge in [-0.2, -0.15) is 0 Å². The number of halogens is 1. The number of nitrogens with zero attached hydrogens (tertiary/aromatic N) is 1. The average Bonchev–Trinajstić information content (AvgIpc) is 3.19. The molecule has 2 aromatic carbocycles. The molecule has 0 spiro atoms. The maximum atomic E-state index is 13.2. The van der Waals surface area contributed by atoms with Crippen molar-refractivity contribution in [3.8, 4) is 0 Å². The van der Waals surface area contributed by atoms with Crippen LogP contribution in [0.4, 0.5) is 10.1 Å². The summed E-state index contributed by atoms with van der Waals surface area (Å²) in [5.74, 6) is -0.416. The first-order valence-electron chi connectivity index (χ1n) is 8.29. The number of aryl methyl sites for hydroxylation is 1. The first kappa shape index (κ1) is 16.5. The number of nitrogens with one attached hydrogen (secondary N) is 1. The summed E-state index contributed by atoms with van der Waals surface area (Å²) < 4.78 is 16.2. The fraction of sp³-hybridized carbons (Fsp3) is 0.0952. The van der Waals surface area contributed by atoms with Crippen molar-refractivity contribution < 1.29 is 9.18 Å². The standard InChI is InChI=1S/C21H17FN2OS/c1-14-3-2-4-17(11-14)23-21(25)19-12-20-18(9-10-26-20)24(19)13-15-5-7-16(22)8-6-15/h2-12H,13H2,1H3,(H,23,25). The van der Waals surface area contributed by atoms with E-state index in [0.29, 0.717) is 12.2 Å². The van der Waals surface area contributed by atoms with Crippen LogP contribution in [-0.2, 0) is 6.54 Å². The minimum Gasteiger partial charge on any atom is -0.331 e. The Kier molecular flexibility index (Phi) is 4.31. The quantitative estimate of drug-likeness (QED) is 0.513. The SMILES string of the molecule is Cc1cccc(NC(=O)c2cc3sccc3n2Cc2ccc(F)cc2)c1. The molecule has 0 bridgehead atoms. The van der Waals surface area contributed by atoms with Crippen molar-refractivity contribution in [3.05, 3.63) is 88.7 Å². The molecule has 26 heavy (non-hydrogen) atoms. The van der Waals surface area contributed by atoms with Gasteiger partial charge in [0.2, 0.25) is 0 Å². The van der Waals surface area contributed by atoms with Crippen LogP contribution in [0, 0.1) is 12.7 Å². The van der Waals surface area contributed by atoms with E-state index in [-0.39, 0.29) is 11.7 Å². The molecule has 4 aromatic rings. The van der Waals surface area contributed by atoms with Crippen LogP contribution in [0.1, 0.15) is 21.6 Å². The monoisotopic (exact) mass is 364 g/mol. The predicted octanol–water partition coefficient (Wildman–Crippen LogP) is 5.45. The zero-order valence-corrected chi connectivity index (χ0v) is 15.0. The molecule has 130 valence electrons. The third kappa shape index (κ3) is 3.26. The second kappa shape index (κ2) is 6.77. The highest BCUT2D eigenvalue weighted by Gasteiger charge is 2.17. The number of carbonyl (C=O) groups is 1. The molecular formula is C21H17FN2OS. The lowest BCUT2D eigenvalue weighted by Crippen LogP contribution is -2.17. The van der Waals surface area contributed by atoms with Crippen molar-refractivity contribution in [3.63, 3.8) is 0 Å². The van der Waals surface area contributed by atoms with Crippen LogP contribution < -0.4 is 5.32 Å². The first-order chi connectivity index (χ1) is 12.6. The molecule has 0 atom stereocenters.